The summed E-state index contributed by atoms with van der Waals surface area (Å²) in [6, 6.07) is 11.0. The largest absolute Gasteiger partial charge is 0.481 e. The van der Waals surface area contributed by atoms with Gasteiger partial charge in [0.05, 0.1) is 21.3 Å². The Kier molecular flexibility index (Phi) is 5.94. The fourth-order valence-electron chi connectivity index (χ4n) is 2.24. The Balaban J connectivity index is 1.64. The first-order chi connectivity index (χ1) is 12.6. The summed E-state index contributed by atoms with van der Waals surface area (Å²) in [4.78, 5) is 19.7. The molecule has 3 rings (SSSR count). The van der Waals surface area contributed by atoms with E-state index in [0.29, 0.717) is 5.75 Å². The van der Waals surface area contributed by atoms with E-state index < -0.39 is 0 Å². The van der Waals surface area contributed by atoms with Crippen molar-refractivity contribution in [2.45, 2.75) is 6.42 Å². The smallest absolute Gasteiger partial charge is 0.232 e. The van der Waals surface area contributed by atoms with Crippen LogP contribution in [-0.2, 0) is 11.2 Å². The molecule has 0 aliphatic heterocycles. The lowest BCUT2D eigenvalue weighted by atomic mass is 10.2. The van der Waals surface area contributed by atoms with Crippen LogP contribution in [-0.4, -0.2) is 24.5 Å². The molecule has 0 aliphatic carbocycles. The van der Waals surface area contributed by atoms with Crippen molar-refractivity contribution in [2.24, 2.45) is 0 Å². The minimum Gasteiger partial charge on any atom is -0.481 e. The van der Waals surface area contributed by atoms with Crippen LogP contribution < -0.4 is 9.64 Å². The van der Waals surface area contributed by atoms with Gasteiger partial charge in [-0.2, -0.15) is 0 Å². The number of thiazole rings is 1. The number of rotatable bonds is 6. The summed E-state index contributed by atoms with van der Waals surface area (Å²) in [6.45, 7) is 0.218. The predicted molar refractivity (Wildman–Crippen MR) is 108 cm³/mol. The Morgan fingerprint density at radius 2 is 2.08 bits per heavy atom. The van der Waals surface area contributed by atoms with Crippen LogP contribution in [0.5, 0.6) is 5.75 Å². The van der Waals surface area contributed by atoms with E-state index in [9.17, 15) is 4.79 Å². The van der Waals surface area contributed by atoms with E-state index in [1.807, 2.05) is 29.6 Å². The molecule has 26 heavy (non-hydrogen) atoms. The first kappa shape index (κ1) is 18.5. The number of likely N-dealkylation sites (N-methyl/N-ethyl adjacent to an activating group) is 1. The number of benzene rings is 1. The number of carbonyl (C=O) groups is 1. The minimum atomic E-state index is -0.0386. The number of amides is 1. The van der Waals surface area contributed by atoms with Gasteiger partial charge in [-0.15, -0.1) is 29.1 Å². The number of hydrogen-bond donors (Lipinski definition) is 0. The Hall–Kier alpha value is -2.33. The van der Waals surface area contributed by atoms with Crippen molar-refractivity contribution in [1.29, 1.82) is 0 Å². The molecule has 2 heterocycles. The second-order valence-electron chi connectivity index (χ2n) is 5.36. The molecule has 4 nitrogen and oxygen atoms in total. The van der Waals surface area contributed by atoms with Gasteiger partial charge in [-0.05, 0) is 36.4 Å². The summed E-state index contributed by atoms with van der Waals surface area (Å²) in [7, 11) is 1.74. The van der Waals surface area contributed by atoms with E-state index in [1.54, 1.807) is 24.1 Å². The zero-order valence-electron chi connectivity index (χ0n) is 13.9. The number of hydrogen-bond acceptors (Lipinski definition) is 5. The van der Waals surface area contributed by atoms with Crippen LogP contribution in [0.25, 0.3) is 9.88 Å². The van der Waals surface area contributed by atoms with Gasteiger partial charge in [0, 0.05) is 18.1 Å². The van der Waals surface area contributed by atoms with E-state index >= 15 is 0 Å². The molecule has 7 heteroatoms. The molecule has 0 unspecified atom stereocenters. The molecule has 0 radical (unpaired) electrons. The molecule has 1 amide bonds. The van der Waals surface area contributed by atoms with Crippen molar-refractivity contribution in [3.8, 4) is 28.0 Å². The number of terminal acetylenes is 1. The van der Waals surface area contributed by atoms with Crippen LogP contribution in [0.1, 0.15) is 5.69 Å². The van der Waals surface area contributed by atoms with E-state index in [4.69, 9.17) is 22.8 Å². The highest BCUT2D eigenvalue weighted by Gasteiger charge is 2.15. The maximum Gasteiger partial charge on any atom is 0.232 e. The molecule has 0 spiro atoms. The molecule has 0 aliphatic rings. The highest BCUT2D eigenvalue weighted by Crippen LogP contribution is 2.33. The van der Waals surface area contributed by atoms with Crippen molar-refractivity contribution in [1.82, 2.24) is 4.98 Å². The molecule has 3 aromatic rings. The van der Waals surface area contributed by atoms with Crippen LogP contribution in [0.3, 0.4) is 0 Å². The lowest BCUT2D eigenvalue weighted by molar-refractivity contribution is -0.117. The second kappa shape index (κ2) is 8.37. The molecule has 0 fully saturated rings. The van der Waals surface area contributed by atoms with Crippen molar-refractivity contribution in [3.63, 3.8) is 0 Å². The maximum absolute atomic E-state index is 12.5. The summed E-state index contributed by atoms with van der Waals surface area (Å²) >= 11 is 8.96. The lowest BCUT2D eigenvalue weighted by Crippen LogP contribution is -2.27. The number of nitrogens with zero attached hydrogens (tertiary/aromatic N) is 2. The normalized spacial score (nSPS) is 10.3. The van der Waals surface area contributed by atoms with E-state index in [2.05, 4.69) is 10.9 Å². The number of thiophene rings is 1. The fourth-order valence-corrected chi connectivity index (χ4v) is 4.17. The molecular formula is C19H15ClN2O2S2. The van der Waals surface area contributed by atoms with Crippen LogP contribution in [0.15, 0.2) is 41.8 Å². The SMILES string of the molecule is C#CCOc1ccc(N(C)C(=O)Cc2csc(-c3ccc(Cl)s3)n2)cc1. The summed E-state index contributed by atoms with van der Waals surface area (Å²) in [5, 5.41) is 2.79. The van der Waals surface area contributed by atoms with E-state index in [-0.39, 0.29) is 18.9 Å². The number of anilines is 1. The molecule has 132 valence electrons. The average Bonchev–Trinajstić information content (AvgIpc) is 3.28. The van der Waals surface area contributed by atoms with Gasteiger partial charge in [-0.3, -0.25) is 4.79 Å². The predicted octanol–water partition coefficient (Wildman–Crippen LogP) is 4.74. The third-order valence-corrected chi connectivity index (χ3v) is 5.88. The highest BCUT2D eigenvalue weighted by atomic mass is 35.5. The van der Waals surface area contributed by atoms with Crippen LogP contribution in [0, 0.1) is 12.3 Å². The monoisotopic (exact) mass is 402 g/mol. The third-order valence-electron chi connectivity index (χ3n) is 3.59. The summed E-state index contributed by atoms with van der Waals surface area (Å²) in [6.07, 6.45) is 5.41. The lowest BCUT2D eigenvalue weighted by Gasteiger charge is -2.17. The highest BCUT2D eigenvalue weighted by molar-refractivity contribution is 7.23. The van der Waals surface area contributed by atoms with Gasteiger partial charge in [0.25, 0.3) is 0 Å². The van der Waals surface area contributed by atoms with E-state index in [0.717, 1.165) is 25.6 Å². The van der Waals surface area contributed by atoms with Crippen molar-refractivity contribution >= 4 is 45.9 Å². The molecule has 2 aromatic heterocycles. The number of halogens is 1. The van der Waals surface area contributed by atoms with Gasteiger partial charge in [-0.25, -0.2) is 4.98 Å². The topological polar surface area (TPSA) is 42.4 Å². The quantitative estimate of drug-likeness (QED) is 0.559. The maximum atomic E-state index is 12.5. The van der Waals surface area contributed by atoms with Crippen molar-refractivity contribution in [3.05, 3.63) is 51.8 Å². The summed E-state index contributed by atoms with van der Waals surface area (Å²) < 4.78 is 6.06. The standard InChI is InChI=1S/C19H15ClN2O2S2/c1-3-10-24-15-6-4-14(5-7-15)22(2)18(23)11-13-12-25-19(21-13)16-8-9-17(20)26-16/h1,4-9,12H,10-11H2,2H3. The molecule has 0 N–H and O–H groups in total. The minimum absolute atomic E-state index is 0.0386. The molecule has 1 aromatic carbocycles. The molecule has 0 saturated carbocycles. The Labute approximate surface area is 165 Å². The van der Waals surface area contributed by atoms with Crippen molar-refractivity contribution in [2.75, 3.05) is 18.6 Å². The third kappa shape index (κ3) is 4.44. The fraction of sp³-hybridized carbons (Fsp3) is 0.158. The second-order valence-corrected chi connectivity index (χ2v) is 7.94. The van der Waals surface area contributed by atoms with Crippen molar-refractivity contribution < 1.29 is 9.53 Å². The zero-order chi connectivity index (χ0) is 18.5. The number of ether oxygens (including phenoxy) is 1. The number of aromatic nitrogens is 1. The zero-order valence-corrected chi connectivity index (χ0v) is 16.3. The van der Waals surface area contributed by atoms with Crippen LogP contribution >= 0.6 is 34.3 Å². The average molecular weight is 403 g/mol. The Morgan fingerprint density at radius 3 is 2.73 bits per heavy atom. The van der Waals surface area contributed by atoms with Gasteiger partial charge >= 0.3 is 0 Å². The van der Waals surface area contributed by atoms with Gasteiger partial charge in [0.2, 0.25) is 5.91 Å². The number of carbonyl (C=O) groups excluding carboxylic acids is 1. The van der Waals surface area contributed by atoms with Crippen LogP contribution in [0.4, 0.5) is 5.69 Å². The van der Waals surface area contributed by atoms with Gasteiger partial charge in [0.15, 0.2) is 0 Å². The molecular weight excluding hydrogens is 388 g/mol. The van der Waals surface area contributed by atoms with E-state index in [1.165, 1.54) is 22.7 Å². The molecule has 0 atom stereocenters. The Morgan fingerprint density at radius 1 is 1.31 bits per heavy atom. The van der Waals surface area contributed by atoms with Gasteiger partial charge < -0.3 is 9.64 Å². The Bertz CT molecular complexity index is 941. The molecule has 0 bridgehead atoms. The summed E-state index contributed by atoms with van der Waals surface area (Å²) in [5.41, 5.74) is 1.53. The first-order valence-corrected chi connectivity index (χ1v) is 9.77. The van der Waals surface area contributed by atoms with Gasteiger partial charge in [0.1, 0.15) is 17.4 Å². The summed E-state index contributed by atoms with van der Waals surface area (Å²) in [5.74, 6) is 3.05. The molecule has 0 saturated heterocycles. The van der Waals surface area contributed by atoms with Crippen LogP contribution in [0.2, 0.25) is 4.34 Å². The van der Waals surface area contributed by atoms with Gasteiger partial charge in [-0.1, -0.05) is 17.5 Å². The first-order valence-electron chi connectivity index (χ1n) is 7.70.